The Kier molecular flexibility index (Phi) is 4.89. The van der Waals surface area contributed by atoms with Crippen molar-refractivity contribution in [1.82, 2.24) is 10.2 Å². The van der Waals surface area contributed by atoms with Crippen molar-refractivity contribution < 1.29 is 14.0 Å². The summed E-state index contributed by atoms with van der Waals surface area (Å²) in [7, 11) is 0. The number of amides is 2. The van der Waals surface area contributed by atoms with Gasteiger partial charge in [-0.1, -0.05) is 18.2 Å². The maximum absolute atomic E-state index is 13.1. The zero-order valence-electron chi connectivity index (χ0n) is 13.3. The van der Waals surface area contributed by atoms with E-state index >= 15 is 0 Å². The van der Waals surface area contributed by atoms with E-state index in [-0.39, 0.29) is 17.4 Å². The number of likely N-dealkylation sites (tertiary alicyclic amines) is 1. The summed E-state index contributed by atoms with van der Waals surface area (Å²) >= 11 is 0. The molecule has 0 atom stereocenters. The molecule has 1 fully saturated rings. The Balaban J connectivity index is 1.58. The molecule has 24 heavy (non-hydrogen) atoms. The first kappa shape index (κ1) is 16.2. The second kappa shape index (κ2) is 7.25. The first-order valence-electron chi connectivity index (χ1n) is 8.05. The van der Waals surface area contributed by atoms with Crippen LogP contribution in [-0.2, 0) is 6.54 Å². The van der Waals surface area contributed by atoms with E-state index in [4.69, 9.17) is 0 Å². The molecule has 2 aromatic rings. The lowest BCUT2D eigenvalue weighted by molar-refractivity contribution is 0.0792. The van der Waals surface area contributed by atoms with Crippen molar-refractivity contribution in [3.05, 3.63) is 71.0 Å². The predicted molar refractivity (Wildman–Crippen MR) is 89.1 cm³/mol. The first-order valence-corrected chi connectivity index (χ1v) is 8.05. The number of carbonyl (C=O) groups is 2. The fourth-order valence-corrected chi connectivity index (χ4v) is 2.78. The average molecular weight is 326 g/mol. The van der Waals surface area contributed by atoms with Gasteiger partial charge in [-0.15, -0.1) is 0 Å². The van der Waals surface area contributed by atoms with Gasteiger partial charge in [0.1, 0.15) is 5.82 Å². The summed E-state index contributed by atoms with van der Waals surface area (Å²) < 4.78 is 13.1. The molecule has 5 heteroatoms. The normalized spacial score (nSPS) is 13.8. The Morgan fingerprint density at radius 1 is 1.00 bits per heavy atom. The van der Waals surface area contributed by atoms with E-state index in [9.17, 15) is 14.0 Å². The van der Waals surface area contributed by atoms with E-state index in [1.54, 1.807) is 18.2 Å². The van der Waals surface area contributed by atoms with Crippen LogP contribution in [0.2, 0.25) is 0 Å². The Labute approximate surface area is 140 Å². The molecule has 124 valence electrons. The molecule has 1 aliphatic heterocycles. The van der Waals surface area contributed by atoms with Crippen molar-refractivity contribution in [3.63, 3.8) is 0 Å². The number of hydrogen-bond acceptors (Lipinski definition) is 2. The molecule has 0 aliphatic carbocycles. The Morgan fingerprint density at radius 3 is 2.38 bits per heavy atom. The van der Waals surface area contributed by atoms with Crippen molar-refractivity contribution in [2.24, 2.45) is 0 Å². The third-order valence-corrected chi connectivity index (χ3v) is 4.13. The van der Waals surface area contributed by atoms with Gasteiger partial charge in [0, 0.05) is 30.8 Å². The van der Waals surface area contributed by atoms with Crippen LogP contribution in [0.1, 0.15) is 39.1 Å². The van der Waals surface area contributed by atoms with Gasteiger partial charge in [0.25, 0.3) is 11.8 Å². The molecule has 0 saturated carbocycles. The molecule has 3 rings (SSSR count). The van der Waals surface area contributed by atoms with Crippen LogP contribution in [0.15, 0.2) is 48.5 Å². The van der Waals surface area contributed by atoms with Crippen LogP contribution < -0.4 is 5.32 Å². The summed E-state index contributed by atoms with van der Waals surface area (Å²) in [6.45, 7) is 1.97. The second-order valence-corrected chi connectivity index (χ2v) is 5.89. The highest BCUT2D eigenvalue weighted by Gasteiger charge is 2.19. The summed E-state index contributed by atoms with van der Waals surface area (Å²) in [5.41, 5.74) is 1.84. The van der Waals surface area contributed by atoms with Crippen LogP contribution in [0.5, 0.6) is 0 Å². The predicted octanol–water partition coefficient (Wildman–Crippen LogP) is 2.99. The summed E-state index contributed by atoms with van der Waals surface area (Å²) in [5, 5.41) is 2.75. The summed E-state index contributed by atoms with van der Waals surface area (Å²) in [5.74, 6) is -0.706. The highest BCUT2D eigenvalue weighted by molar-refractivity contribution is 5.95. The largest absolute Gasteiger partial charge is 0.348 e. The van der Waals surface area contributed by atoms with Gasteiger partial charge in [-0.3, -0.25) is 9.59 Å². The van der Waals surface area contributed by atoms with Gasteiger partial charge in [0.15, 0.2) is 0 Å². The van der Waals surface area contributed by atoms with Crippen molar-refractivity contribution in [1.29, 1.82) is 0 Å². The van der Waals surface area contributed by atoms with Gasteiger partial charge in [-0.2, -0.15) is 0 Å². The van der Waals surface area contributed by atoms with Crippen molar-refractivity contribution in [3.8, 4) is 0 Å². The molecule has 1 aliphatic rings. The summed E-state index contributed by atoms with van der Waals surface area (Å²) in [6, 6.07) is 12.8. The Hall–Kier alpha value is -2.69. The third-order valence-electron chi connectivity index (χ3n) is 4.13. The Morgan fingerprint density at radius 2 is 1.71 bits per heavy atom. The van der Waals surface area contributed by atoms with Crippen LogP contribution in [-0.4, -0.2) is 29.8 Å². The number of nitrogens with zero attached hydrogens (tertiary/aromatic N) is 1. The van der Waals surface area contributed by atoms with E-state index < -0.39 is 5.82 Å². The molecule has 0 unspecified atom stereocenters. The van der Waals surface area contributed by atoms with Gasteiger partial charge in [-0.25, -0.2) is 4.39 Å². The lowest BCUT2D eigenvalue weighted by Gasteiger charge is -2.15. The van der Waals surface area contributed by atoms with Crippen LogP contribution in [0, 0.1) is 5.82 Å². The lowest BCUT2D eigenvalue weighted by Crippen LogP contribution is -2.27. The number of halogens is 1. The molecule has 0 radical (unpaired) electrons. The maximum Gasteiger partial charge on any atom is 0.253 e. The zero-order valence-corrected chi connectivity index (χ0v) is 13.3. The number of carbonyl (C=O) groups excluding carboxylic acids is 2. The highest BCUT2D eigenvalue weighted by Crippen LogP contribution is 2.13. The highest BCUT2D eigenvalue weighted by atomic mass is 19.1. The van der Waals surface area contributed by atoms with Crippen LogP contribution in [0.4, 0.5) is 4.39 Å². The molecule has 2 aromatic carbocycles. The number of hydrogen-bond donors (Lipinski definition) is 1. The minimum Gasteiger partial charge on any atom is -0.348 e. The van der Waals surface area contributed by atoms with Gasteiger partial charge in [0.05, 0.1) is 0 Å². The Bertz CT molecular complexity index is 737. The van der Waals surface area contributed by atoms with E-state index in [0.29, 0.717) is 12.1 Å². The van der Waals surface area contributed by atoms with Gasteiger partial charge < -0.3 is 10.2 Å². The monoisotopic (exact) mass is 326 g/mol. The SMILES string of the molecule is O=C(NCc1ccc(C(=O)N2CCCC2)cc1)c1cccc(F)c1. The number of nitrogens with one attached hydrogen (secondary N) is 1. The molecule has 1 N–H and O–H groups in total. The van der Waals surface area contributed by atoms with E-state index in [2.05, 4.69) is 5.32 Å². The minimum absolute atomic E-state index is 0.0582. The molecule has 1 saturated heterocycles. The van der Waals surface area contributed by atoms with Crippen molar-refractivity contribution in [2.75, 3.05) is 13.1 Å². The first-order chi connectivity index (χ1) is 11.6. The maximum atomic E-state index is 13.1. The molecule has 4 nitrogen and oxygen atoms in total. The third kappa shape index (κ3) is 3.79. The average Bonchev–Trinajstić information content (AvgIpc) is 3.14. The lowest BCUT2D eigenvalue weighted by atomic mass is 10.1. The molecule has 2 amide bonds. The smallest absolute Gasteiger partial charge is 0.253 e. The van der Waals surface area contributed by atoms with Crippen molar-refractivity contribution >= 4 is 11.8 Å². The summed E-state index contributed by atoms with van der Waals surface area (Å²) in [6.07, 6.45) is 2.13. The number of rotatable bonds is 4. The van der Waals surface area contributed by atoms with Crippen LogP contribution >= 0.6 is 0 Å². The van der Waals surface area contributed by atoms with Crippen LogP contribution in [0.25, 0.3) is 0 Å². The van der Waals surface area contributed by atoms with Gasteiger partial charge in [-0.05, 0) is 48.7 Å². The fraction of sp³-hybridized carbons (Fsp3) is 0.263. The summed E-state index contributed by atoms with van der Waals surface area (Å²) in [4.78, 5) is 26.1. The molecule has 0 aromatic heterocycles. The molecular weight excluding hydrogens is 307 g/mol. The van der Waals surface area contributed by atoms with Gasteiger partial charge >= 0.3 is 0 Å². The van der Waals surface area contributed by atoms with E-state index in [0.717, 1.165) is 31.5 Å². The topological polar surface area (TPSA) is 49.4 Å². The molecule has 1 heterocycles. The number of benzene rings is 2. The molecule has 0 bridgehead atoms. The van der Waals surface area contributed by atoms with Gasteiger partial charge in [0.2, 0.25) is 0 Å². The zero-order chi connectivity index (χ0) is 16.9. The minimum atomic E-state index is -0.438. The fourth-order valence-electron chi connectivity index (χ4n) is 2.78. The second-order valence-electron chi connectivity index (χ2n) is 5.89. The van der Waals surface area contributed by atoms with E-state index in [1.165, 1.54) is 18.2 Å². The van der Waals surface area contributed by atoms with Crippen molar-refractivity contribution in [2.45, 2.75) is 19.4 Å². The van der Waals surface area contributed by atoms with Crippen LogP contribution in [0.3, 0.4) is 0 Å². The molecular formula is C19H19FN2O2. The molecule has 0 spiro atoms. The quantitative estimate of drug-likeness (QED) is 0.939. The van der Waals surface area contributed by atoms with E-state index in [1.807, 2.05) is 17.0 Å². The standard InChI is InChI=1S/C19H19FN2O2/c20-17-5-3-4-16(12-17)18(23)21-13-14-6-8-15(9-7-14)19(24)22-10-1-2-11-22/h3-9,12H,1-2,10-11,13H2,(H,21,23).